The van der Waals surface area contributed by atoms with Gasteiger partial charge in [-0.3, -0.25) is 25.2 Å². The van der Waals surface area contributed by atoms with Crippen LogP contribution in [-0.4, -0.2) is 35.3 Å². The fourth-order valence-corrected chi connectivity index (χ4v) is 2.55. The first-order chi connectivity index (χ1) is 7.15. The first-order valence-electron chi connectivity index (χ1n) is 4.87. The minimum absolute atomic E-state index is 0.227. The highest BCUT2D eigenvalue weighted by atomic mass is 32.2. The zero-order valence-electron chi connectivity index (χ0n) is 8.50. The highest BCUT2D eigenvalue weighted by Gasteiger charge is 2.36. The molecule has 1 heterocycles. The van der Waals surface area contributed by atoms with Crippen molar-refractivity contribution in [3.8, 4) is 0 Å². The molecular formula is C9H13N3O2S. The molecule has 1 saturated carbocycles. The highest BCUT2D eigenvalue weighted by Crippen LogP contribution is 2.42. The van der Waals surface area contributed by atoms with Gasteiger partial charge in [0, 0.05) is 4.75 Å². The molecule has 2 fully saturated rings. The van der Waals surface area contributed by atoms with Crippen molar-refractivity contribution in [1.29, 1.82) is 0 Å². The Bertz CT molecular complexity index is 313. The molecule has 15 heavy (non-hydrogen) atoms. The van der Waals surface area contributed by atoms with Gasteiger partial charge >= 0.3 is 11.8 Å². The summed E-state index contributed by atoms with van der Waals surface area (Å²) < 4.78 is 0.227. The number of aliphatic imine (C=N–C) groups is 1. The summed E-state index contributed by atoms with van der Waals surface area (Å²) in [6, 6.07) is 0. The van der Waals surface area contributed by atoms with Gasteiger partial charge in [0.15, 0.2) is 0 Å². The minimum Gasteiger partial charge on any atom is -0.288 e. The third kappa shape index (κ3) is 1.99. The van der Waals surface area contributed by atoms with Crippen molar-refractivity contribution in [3.63, 3.8) is 0 Å². The second kappa shape index (κ2) is 3.84. The maximum atomic E-state index is 10.9. The molecule has 0 spiro atoms. The lowest BCUT2D eigenvalue weighted by Gasteiger charge is -2.39. The lowest BCUT2D eigenvalue weighted by atomic mass is 9.84. The molecule has 2 N–H and O–H groups in total. The fraction of sp³-hybridized carbons (Fsp3) is 0.667. The predicted octanol–water partition coefficient (Wildman–Crippen LogP) is -0.126. The Morgan fingerprint density at radius 1 is 1.33 bits per heavy atom. The van der Waals surface area contributed by atoms with E-state index in [4.69, 9.17) is 0 Å². The maximum absolute atomic E-state index is 10.9. The molecule has 0 aromatic heterocycles. The molecule has 2 amide bonds. The number of nitrogens with one attached hydrogen (secondary N) is 2. The number of rotatable bonds is 3. The average Bonchev–Trinajstić information content (AvgIpc) is 2.45. The van der Waals surface area contributed by atoms with E-state index in [1.165, 1.54) is 6.42 Å². The smallest absolute Gasteiger partial charge is 0.288 e. The van der Waals surface area contributed by atoms with Gasteiger partial charge in [0.25, 0.3) is 0 Å². The molecular weight excluding hydrogens is 214 g/mol. The van der Waals surface area contributed by atoms with Crippen LogP contribution in [0, 0.1) is 0 Å². The van der Waals surface area contributed by atoms with Crippen molar-refractivity contribution in [2.24, 2.45) is 4.99 Å². The van der Waals surface area contributed by atoms with E-state index >= 15 is 0 Å². The molecule has 2 aliphatic rings. The van der Waals surface area contributed by atoms with Gasteiger partial charge in [-0.2, -0.15) is 11.8 Å². The Labute approximate surface area is 92.1 Å². The van der Waals surface area contributed by atoms with Crippen molar-refractivity contribution < 1.29 is 9.59 Å². The number of nitrogens with zero attached hydrogens (tertiary/aromatic N) is 1. The number of hydrogen-bond donors (Lipinski definition) is 2. The Hall–Kier alpha value is -1.04. The zero-order chi connectivity index (χ0) is 10.9. The van der Waals surface area contributed by atoms with E-state index in [1.54, 1.807) is 0 Å². The SMILES string of the molecule is CSC1(CN=C2NC(=O)C(=O)N2)CCC1. The van der Waals surface area contributed by atoms with Crippen molar-refractivity contribution in [2.75, 3.05) is 12.8 Å². The van der Waals surface area contributed by atoms with E-state index in [0.717, 1.165) is 12.8 Å². The second-order valence-electron chi connectivity index (χ2n) is 3.81. The molecule has 0 aromatic rings. The quantitative estimate of drug-likeness (QED) is 0.660. The van der Waals surface area contributed by atoms with E-state index in [2.05, 4.69) is 21.9 Å². The van der Waals surface area contributed by atoms with Crippen LogP contribution in [0.3, 0.4) is 0 Å². The maximum Gasteiger partial charge on any atom is 0.316 e. The minimum atomic E-state index is -0.624. The van der Waals surface area contributed by atoms with E-state index in [1.807, 2.05) is 11.8 Å². The summed E-state index contributed by atoms with van der Waals surface area (Å²) in [5, 5.41) is 4.78. The summed E-state index contributed by atoms with van der Waals surface area (Å²) in [4.78, 5) is 25.9. The van der Waals surface area contributed by atoms with E-state index in [-0.39, 0.29) is 4.75 Å². The fourth-order valence-electron chi connectivity index (χ4n) is 1.66. The second-order valence-corrected chi connectivity index (χ2v) is 5.09. The van der Waals surface area contributed by atoms with Gasteiger partial charge in [0.1, 0.15) is 0 Å². The Kier molecular flexibility index (Phi) is 2.68. The molecule has 2 rings (SSSR count). The number of carbonyl (C=O) groups is 2. The molecule has 82 valence electrons. The normalized spacial score (nSPS) is 23.1. The van der Waals surface area contributed by atoms with Gasteiger partial charge in [-0.25, -0.2) is 0 Å². The van der Waals surface area contributed by atoms with Crippen molar-refractivity contribution in [2.45, 2.75) is 24.0 Å². The van der Waals surface area contributed by atoms with Crippen molar-refractivity contribution >= 4 is 29.5 Å². The monoisotopic (exact) mass is 227 g/mol. The summed E-state index contributed by atoms with van der Waals surface area (Å²) in [6.45, 7) is 0.657. The van der Waals surface area contributed by atoms with Crippen LogP contribution in [0.4, 0.5) is 0 Å². The van der Waals surface area contributed by atoms with E-state index in [9.17, 15) is 9.59 Å². The van der Waals surface area contributed by atoms with Crippen LogP contribution < -0.4 is 10.6 Å². The summed E-state index contributed by atoms with van der Waals surface area (Å²) in [5.74, 6) is -0.952. The molecule has 0 aromatic carbocycles. The molecule has 0 unspecified atom stereocenters. The van der Waals surface area contributed by atoms with Gasteiger partial charge in [0.05, 0.1) is 6.54 Å². The van der Waals surface area contributed by atoms with Gasteiger partial charge in [-0.15, -0.1) is 0 Å². The Morgan fingerprint density at radius 2 is 1.93 bits per heavy atom. The summed E-state index contributed by atoms with van der Waals surface area (Å²) in [7, 11) is 0. The predicted molar refractivity (Wildman–Crippen MR) is 58.7 cm³/mol. The lowest BCUT2D eigenvalue weighted by Crippen LogP contribution is -2.38. The van der Waals surface area contributed by atoms with E-state index in [0.29, 0.717) is 12.5 Å². The standard InChI is InChI=1S/C9H13N3O2S/c1-15-9(3-2-4-9)5-10-8-11-6(13)7(14)12-8/h2-5H2,1H3,(H2,10,11,12,13,14). The van der Waals surface area contributed by atoms with Crippen LogP contribution >= 0.6 is 11.8 Å². The van der Waals surface area contributed by atoms with Crippen LogP contribution in [-0.2, 0) is 9.59 Å². The molecule has 1 saturated heterocycles. The molecule has 0 radical (unpaired) electrons. The van der Waals surface area contributed by atoms with Crippen molar-refractivity contribution in [3.05, 3.63) is 0 Å². The van der Waals surface area contributed by atoms with Crippen LogP contribution in [0.2, 0.25) is 0 Å². The van der Waals surface area contributed by atoms with Gasteiger partial charge in [-0.05, 0) is 19.1 Å². The summed E-state index contributed by atoms with van der Waals surface area (Å²) in [6.07, 6.45) is 5.63. The number of guanidine groups is 1. The van der Waals surface area contributed by atoms with Gasteiger partial charge in [0.2, 0.25) is 5.96 Å². The molecule has 1 aliphatic carbocycles. The zero-order valence-corrected chi connectivity index (χ0v) is 9.32. The molecule has 0 atom stereocenters. The first kappa shape index (κ1) is 10.5. The Morgan fingerprint density at radius 3 is 2.33 bits per heavy atom. The lowest BCUT2D eigenvalue weighted by molar-refractivity contribution is -0.135. The third-order valence-corrected chi connectivity index (χ3v) is 4.30. The summed E-state index contributed by atoms with van der Waals surface area (Å²) >= 11 is 1.81. The number of carbonyl (C=O) groups excluding carboxylic acids is 2. The van der Waals surface area contributed by atoms with Gasteiger partial charge in [-0.1, -0.05) is 6.42 Å². The first-order valence-corrected chi connectivity index (χ1v) is 6.10. The molecule has 5 nitrogen and oxygen atoms in total. The van der Waals surface area contributed by atoms with Gasteiger partial charge < -0.3 is 0 Å². The largest absolute Gasteiger partial charge is 0.316 e. The van der Waals surface area contributed by atoms with Crippen LogP contribution in [0.1, 0.15) is 19.3 Å². The molecule has 6 heteroatoms. The topological polar surface area (TPSA) is 70.6 Å². The number of hydrogen-bond acceptors (Lipinski definition) is 4. The summed E-state index contributed by atoms with van der Waals surface area (Å²) in [5.41, 5.74) is 0. The average molecular weight is 227 g/mol. The van der Waals surface area contributed by atoms with Crippen LogP contribution in [0.25, 0.3) is 0 Å². The van der Waals surface area contributed by atoms with Crippen LogP contribution in [0.15, 0.2) is 4.99 Å². The third-order valence-electron chi connectivity index (χ3n) is 2.89. The highest BCUT2D eigenvalue weighted by molar-refractivity contribution is 8.00. The molecule has 1 aliphatic heterocycles. The van der Waals surface area contributed by atoms with Crippen molar-refractivity contribution in [1.82, 2.24) is 10.6 Å². The number of thioether (sulfide) groups is 1. The number of amides is 2. The Balaban J connectivity index is 1.94. The van der Waals surface area contributed by atoms with E-state index < -0.39 is 11.8 Å². The van der Waals surface area contributed by atoms with Crippen LogP contribution in [0.5, 0.6) is 0 Å². The molecule has 0 bridgehead atoms.